The average Bonchev–Trinajstić information content (AvgIpc) is 2.34. The maximum Gasteiger partial charge on any atom is 0.191 e. The molecule has 1 heterocycles. The second kappa shape index (κ2) is 7.54. The monoisotopic (exact) mass is 240 g/mol. The molecule has 0 spiro atoms. The Balaban J connectivity index is 2.32. The van der Waals surface area contributed by atoms with Crippen molar-refractivity contribution in [1.82, 2.24) is 9.80 Å². The fourth-order valence-corrected chi connectivity index (χ4v) is 2.34. The molecule has 0 aromatic carbocycles. The van der Waals surface area contributed by atoms with Crippen LogP contribution in [-0.4, -0.2) is 55.0 Å². The van der Waals surface area contributed by atoms with Gasteiger partial charge in [-0.15, -0.1) is 0 Å². The quantitative estimate of drug-likeness (QED) is 0.583. The number of rotatable bonds is 5. The molecular formula is C13H28N4. The summed E-state index contributed by atoms with van der Waals surface area (Å²) >= 11 is 0. The molecule has 1 rings (SSSR count). The molecule has 0 amide bonds. The molecule has 0 saturated carbocycles. The summed E-state index contributed by atoms with van der Waals surface area (Å²) in [5.74, 6) is 1.49. The Hall–Kier alpha value is -0.770. The number of hydrogen-bond acceptors (Lipinski definition) is 2. The first kappa shape index (κ1) is 14.3. The molecule has 0 bridgehead atoms. The Morgan fingerprint density at radius 2 is 2.12 bits per heavy atom. The number of likely N-dealkylation sites (N-methyl/N-ethyl adjacent to an activating group) is 1. The van der Waals surface area contributed by atoms with Gasteiger partial charge in [0.15, 0.2) is 5.96 Å². The van der Waals surface area contributed by atoms with Gasteiger partial charge in [0.1, 0.15) is 0 Å². The number of guanidine groups is 1. The summed E-state index contributed by atoms with van der Waals surface area (Å²) in [7, 11) is 0. The Bertz CT molecular complexity index is 236. The molecule has 1 aliphatic heterocycles. The number of piperidine rings is 1. The summed E-state index contributed by atoms with van der Waals surface area (Å²) in [5, 5.41) is 0. The molecule has 0 aromatic heterocycles. The van der Waals surface area contributed by atoms with Crippen LogP contribution in [0.15, 0.2) is 4.99 Å². The van der Waals surface area contributed by atoms with Crippen molar-refractivity contribution >= 4 is 5.96 Å². The third-order valence-corrected chi connectivity index (χ3v) is 3.57. The van der Waals surface area contributed by atoms with Gasteiger partial charge < -0.3 is 15.5 Å². The topological polar surface area (TPSA) is 44.9 Å². The van der Waals surface area contributed by atoms with Crippen molar-refractivity contribution < 1.29 is 0 Å². The maximum absolute atomic E-state index is 6.04. The van der Waals surface area contributed by atoms with Crippen LogP contribution in [0.2, 0.25) is 0 Å². The van der Waals surface area contributed by atoms with Crippen LogP contribution in [0.3, 0.4) is 0 Å². The minimum atomic E-state index is 0.740. The van der Waals surface area contributed by atoms with Crippen LogP contribution in [-0.2, 0) is 0 Å². The van der Waals surface area contributed by atoms with Gasteiger partial charge in [0.25, 0.3) is 0 Å². The summed E-state index contributed by atoms with van der Waals surface area (Å²) in [5.41, 5.74) is 6.04. The lowest BCUT2D eigenvalue weighted by atomic mass is 10.0. The van der Waals surface area contributed by atoms with Crippen LogP contribution in [0, 0.1) is 5.92 Å². The third kappa shape index (κ3) is 4.94. The Morgan fingerprint density at radius 1 is 1.41 bits per heavy atom. The van der Waals surface area contributed by atoms with Crippen LogP contribution in [0.25, 0.3) is 0 Å². The maximum atomic E-state index is 6.04. The van der Waals surface area contributed by atoms with Crippen molar-refractivity contribution in [3.63, 3.8) is 0 Å². The molecule has 4 heteroatoms. The predicted molar refractivity (Wildman–Crippen MR) is 74.2 cm³/mol. The van der Waals surface area contributed by atoms with Crippen molar-refractivity contribution in [2.45, 2.75) is 33.6 Å². The van der Waals surface area contributed by atoms with E-state index in [0.29, 0.717) is 0 Å². The van der Waals surface area contributed by atoms with E-state index in [1.165, 1.54) is 12.8 Å². The predicted octanol–water partition coefficient (Wildman–Crippen LogP) is 1.37. The van der Waals surface area contributed by atoms with Crippen LogP contribution in [0.5, 0.6) is 0 Å². The highest BCUT2D eigenvalue weighted by Crippen LogP contribution is 2.14. The highest BCUT2D eigenvalue weighted by Gasteiger charge is 2.17. The van der Waals surface area contributed by atoms with E-state index in [4.69, 9.17) is 5.73 Å². The Labute approximate surface area is 106 Å². The van der Waals surface area contributed by atoms with E-state index < -0.39 is 0 Å². The number of hydrogen-bond donors (Lipinski definition) is 1. The fourth-order valence-electron chi connectivity index (χ4n) is 2.34. The Morgan fingerprint density at radius 3 is 2.71 bits per heavy atom. The zero-order valence-corrected chi connectivity index (χ0v) is 11.7. The molecule has 0 radical (unpaired) electrons. The molecule has 1 aliphatic rings. The molecule has 0 aromatic rings. The van der Waals surface area contributed by atoms with Gasteiger partial charge >= 0.3 is 0 Å². The molecule has 4 nitrogen and oxygen atoms in total. The van der Waals surface area contributed by atoms with Crippen molar-refractivity contribution in [3.05, 3.63) is 0 Å². The highest BCUT2D eigenvalue weighted by atomic mass is 15.3. The van der Waals surface area contributed by atoms with Crippen LogP contribution in [0.1, 0.15) is 33.6 Å². The third-order valence-electron chi connectivity index (χ3n) is 3.57. The molecule has 100 valence electrons. The van der Waals surface area contributed by atoms with E-state index in [2.05, 4.69) is 35.6 Å². The first-order valence-corrected chi connectivity index (χ1v) is 6.94. The second-order valence-corrected chi connectivity index (χ2v) is 4.96. The molecule has 2 N–H and O–H groups in total. The van der Waals surface area contributed by atoms with Crippen LogP contribution < -0.4 is 5.73 Å². The SMILES string of the molecule is CCN(CC)CCN=C(N)N1CCCC(C)C1. The summed E-state index contributed by atoms with van der Waals surface area (Å²) in [6, 6.07) is 0. The van der Waals surface area contributed by atoms with Gasteiger partial charge in [0.2, 0.25) is 0 Å². The molecule has 17 heavy (non-hydrogen) atoms. The standard InChI is InChI=1S/C13H28N4/c1-4-16(5-2)10-8-15-13(14)17-9-6-7-12(3)11-17/h12H,4-11H2,1-3H3,(H2,14,15). The van der Waals surface area contributed by atoms with Crippen molar-refractivity contribution in [1.29, 1.82) is 0 Å². The smallest absolute Gasteiger partial charge is 0.191 e. The average molecular weight is 240 g/mol. The number of aliphatic imine (C=N–C) groups is 1. The first-order chi connectivity index (χ1) is 8.17. The summed E-state index contributed by atoms with van der Waals surface area (Å²) < 4.78 is 0. The lowest BCUT2D eigenvalue weighted by Crippen LogP contribution is -2.43. The highest BCUT2D eigenvalue weighted by molar-refractivity contribution is 5.78. The summed E-state index contributed by atoms with van der Waals surface area (Å²) in [4.78, 5) is 9.10. The lowest BCUT2D eigenvalue weighted by molar-refractivity contribution is 0.269. The van der Waals surface area contributed by atoms with E-state index in [9.17, 15) is 0 Å². The minimum Gasteiger partial charge on any atom is -0.370 e. The van der Waals surface area contributed by atoms with Gasteiger partial charge in [-0.1, -0.05) is 20.8 Å². The molecule has 1 saturated heterocycles. The minimum absolute atomic E-state index is 0.740. The summed E-state index contributed by atoms with van der Waals surface area (Å²) in [6.45, 7) is 12.8. The van der Waals surface area contributed by atoms with E-state index in [0.717, 1.165) is 51.1 Å². The van der Waals surface area contributed by atoms with E-state index in [-0.39, 0.29) is 0 Å². The zero-order valence-electron chi connectivity index (χ0n) is 11.7. The van der Waals surface area contributed by atoms with E-state index in [1.54, 1.807) is 0 Å². The van der Waals surface area contributed by atoms with Crippen molar-refractivity contribution in [3.8, 4) is 0 Å². The number of nitrogens with zero attached hydrogens (tertiary/aromatic N) is 3. The van der Waals surface area contributed by atoms with Gasteiger partial charge in [-0.3, -0.25) is 4.99 Å². The Kier molecular flexibility index (Phi) is 6.34. The van der Waals surface area contributed by atoms with E-state index in [1.807, 2.05) is 0 Å². The van der Waals surface area contributed by atoms with E-state index >= 15 is 0 Å². The van der Waals surface area contributed by atoms with Crippen molar-refractivity contribution in [2.75, 3.05) is 39.3 Å². The number of likely N-dealkylation sites (tertiary alicyclic amines) is 1. The van der Waals surface area contributed by atoms with Gasteiger partial charge in [-0.25, -0.2) is 0 Å². The van der Waals surface area contributed by atoms with Gasteiger partial charge in [-0.05, 0) is 31.8 Å². The normalized spacial score (nSPS) is 22.2. The van der Waals surface area contributed by atoms with Crippen LogP contribution in [0.4, 0.5) is 0 Å². The van der Waals surface area contributed by atoms with Crippen molar-refractivity contribution in [2.24, 2.45) is 16.6 Å². The van der Waals surface area contributed by atoms with Gasteiger partial charge in [0.05, 0.1) is 6.54 Å². The molecule has 1 unspecified atom stereocenters. The van der Waals surface area contributed by atoms with Crippen LogP contribution >= 0.6 is 0 Å². The van der Waals surface area contributed by atoms with Gasteiger partial charge in [0, 0.05) is 19.6 Å². The largest absolute Gasteiger partial charge is 0.370 e. The zero-order chi connectivity index (χ0) is 12.7. The molecular weight excluding hydrogens is 212 g/mol. The fraction of sp³-hybridized carbons (Fsp3) is 0.923. The molecule has 0 aliphatic carbocycles. The molecule has 1 fully saturated rings. The first-order valence-electron chi connectivity index (χ1n) is 6.94. The number of nitrogens with two attached hydrogens (primary N) is 1. The summed E-state index contributed by atoms with van der Waals surface area (Å²) in [6.07, 6.45) is 2.57. The van der Waals surface area contributed by atoms with Gasteiger partial charge in [-0.2, -0.15) is 0 Å². The second-order valence-electron chi connectivity index (χ2n) is 4.96. The lowest BCUT2D eigenvalue weighted by Gasteiger charge is -2.31. The molecule has 1 atom stereocenters.